The van der Waals surface area contributed by atoms with Crippen LogP contribution in [0, 0.1) is 23.2 Å². The highest BCUT2D eigenvalue weighted by Crippen LogP contribution is 2.30. The molecule has 0 bridgehead atoms. The Hall–Kier alpha value is -1.69. The Kier molecular flexibility index (Phi) is 4.68. The molecule has 1 fully saturated rings. The maximum absolute atomic E-state index is 9.14. The lowest BCUT2D eigenvalue weighted by atomic mass is 9.80. The van der Waals surface area contributed by atoms with Gasteiger partial charge >= 0.3 is 0 Å². The number of rotatable bonds is 4. The van der Waals surface area contributed by atoms with Gasteiger partial charge in [-0.3, -0.25) is 0 Å². The molecule has 1 aromatic carbocycles. The van der Waals surface area contributed by atoms with Crippen molar-refractivity contribution in [1.82, 2.24) is 0 Å². The Morgan fingerprint density at radius 3 is 2.84 bits per heavy atom. The Morgan fingerprint density at radius 2 is 2.16 bits per heavy atom. The molecule has 0 heterocycles. The zero-order chi connectivity index (χ0) is 13.7. The smallest absolute Gasteiger partial charge is 0.121 e. The molecule has 1 aromatic rings. The largest absolute Gasteiger partial charge is 0.497 e. The third-order valence-electron chi connectivity index (χ3n) is 4.19. The van der Waals surface area contributed by atoms with Crippen LogP contribution in [0.1, 0.15) is 38.2 Å². The summed E-state index contributed by atoms with van der Waals surface area (Å²) in [6.45, 7) is 3.28. The molecule has 0 saturated heterocycles. The van der Waals surface area contributed by atoms with Crippen LogP contribution in [0.3, 0.4) is 0 Å². The summed E-state index contributed by atoms with van der Waals surface area (Å²) in [5.41, 5.74) is 1.57. The van der Waals surface area contributed by atoms with Crippen molar-refractivity contribution in [3.05, 3.63) is 23.8 Å². The lowest BCUT2D eigenvalue weighted by Crippen LogP contribution is -2.24. The molecule has 3 heteroatoms. The molecule has 0 spiro atoms. The van der Waals surface area contributed by atoms with Crippen LogP contribution in [0.4, 0.5) is 5.69 Å². The van der Waals surface area contributed by atoms with Gasteiger partial charge in [-0.05, 0) is 30.4 Å². The third-order valence-corrected chi connectivity index (χ3v) is 4.19. The first kappa shape index (κ1) is 13.7. The van der Waals surface area contributed by atoms with E-state index in [4.69, 9.17) is 10.00 Å². The molecule has 0 aliphatic heterocycles. The highest BCUT2D eigenvalue weighted by Gasteiger charge is 2.21. The number of nitrogens with zero attached hydrogens (tertiary/aromatic N) is 1. The van der Waals surface area contributed by atoms with Crippen LogP contribution in [0.25, 0.3) is 0 Å². The number of anilines is 1. The van der Waals surface area contributed by atoms with Gasteiger partial charge in [0.25, 0.3) is 0 Å². The SMILES string of the molecule is COc1ccc(C#N)c(NCC2CCCCC2C)c1. The molecule has 1 aliphatic carbocycles. The average molecular weight is 258 g/mol. The van der Waals surface area contributed by atoms with Gasteiger partial charge < -0.3 is 10.1 Å². The fourth-order valence-electron chi connectivity index (χ4n) is 2.83. The van der Waals surface area contributed by atoms with E-state index in [1.165, 1.54) is 25.7 Å². The van der Waals surface area contributed by atoms with E-state index >= 15 is 0 Å². The molecule has 0 radical (unpaired) electrons. The van der Waals surface area contributed by atoms with E-state index in [1.54, 1.807) is 7.11 Å². The molecule has 0 aromatic heterocycles. The second-order valence-electron chi connectivity index (χ2n) is 5.43. The maximum atomic E-state index is 9.14. The molecular weight excluding hydrogens is 236 g/mol. The summed E-state index contributed by atoms with van der Waals surface area (Å²) in [6, 6.07) is 7.77. The maximum Gasteiger partial charge on any atom is 0.121 e. The van der Waals surface area contributed by atoms with E-state index in [0.717, 1.165) is 23.9 Å². The van der Waals surface area contributed by atoms with E-state index in [1.807, 2.05) is 18.2 Å². The van der Waals surface area contributed by atoms with Crippen LogP contribution in [0.15, 0.2) is 18.2 Å². The summed E-state index contributed by atoms with van der Waals surface area (Å²) in [7, 11) is 1.65. The topological polar surface area (TPSA) is 45.0 Å². The van der Waals surface area contributed by atoms with Crippen LogP contribution in [0.5, 0.6) is 5.75 Å². The number of nitriles is 1. The first-order valence-corrected chi connectivity index (χ1v) is 7.06. The molecule has 102 valence electrons. The summed E-state index contributed by atoms with van der Waals surface area (Å²) in [5, 5.41) is 12.6. The number of hydrogen-bond donors (Lipinski definition) is 1. The van der Waals surface area contributed by atoms with Crippen molar-refractivity contribution < 1.29 is 4.74 Å². The lowest BCUT2D eigenvalue weighted by molar-refractivity contribution is 0.268. The number of methoxy groups -OCH3 is 1. The number of ether oxygens (including phenoxy) is 1. The zero-order valence-corrected chi connectivity index (χ0v) is 11.8. The van der Waals surface area contributed by atoms with Gasteiger partial charge in [0.05, 0.1) is 18.4 Å². The molecule has 1 N–H and O–H groups in total. The predicted molar refractivity (Wildman–Crippen MR) is 77.3 cm³/mol. The minimum atomic E-state index is 0.685. The van der Waals surface area contributed by atoms with E-state index in [0.29, 0.717) is 11.5 Å². The van der Waals surface area contributed by atoms with E-state index in [9.17, 15) is 0 Å². The van der Waals surface area contributed by atoms with Crippen molar-refractivity contribution in [3.63, 3.8) is 0 Å². The summed E-state index contributed by atoms with van der Waals surface area (Å²) >= 11 is 0. The van der Waals surface area contributed by atoms with Gasteiger partial charge in [0, 0.05) is 12.6 Å². The van der Waals surface area contributed by atoms with Gasteiger partial charge in [0.15, 0.2) is 0 Å². The fraction of sp³-hybridized carbons (Fsp3) is 0.562. The minimum Gasteiger partial charge on any atom is -0.497 e. The zero-order valence-electron chi connectivity index (χ0n) is 11.8. The first-order valence-electron chi connectivity index (χ1n) is 7.06. The summed E-state index contributed by atoms with van der Waals surface area (Å²) < 4.78 is 5.22. The van der Waals surface area contributed by atoms with Gasteiger partial charge in [0.2, 0.25) is 0 Å². The third kappa shape index (κ3) is 3.41. The van der Waals surface area contributed by atoms with Gasteiger partial charge in [-0.2, -0.15) is 5.26 Å². The molecule has 0 amide bonds. The van der Waals surface area contributed by atoms with Gasteiger partial charge in [-0.1, -0.05) is 26.2 Å². The Morgan fingerprint density at radius 1 is 1.37 bits per heavy atom. The van der Waals surface area contributed by atoms with Crippen molar-refractivity contribution in [2.75, 3.05) is 19.0 Å². The molecule has 1 aliphatic rings. The van der Waals surface area contributed by atoms with Crippen molar-refractivity contribution in [1.29, 1.82) is 5.26 Å². The summed E-state index contributed by atoms with van der Waals surface area (Å²) in [5.74, 6) is 2.28. The van der Waals surface area contributed by atoms with Crippen LogP contribution >= 0.6 is 0 Å². The van der Waals surface area contributed by atoms with E-state index in [2.05, 4.69) is 18.3 Å². The Balaban J connectivity index is 2.03. The molecule has 1 saturated carbocycles. The lowest BCUT2D eigenvalue weighted by Gasteiger charge is -2.29. The van der Waals surface area contributed by atoms with Crippen molar-refractivity contribution >= 4 is 5.69 Å². The second kappa shape index (κ2) is 6.47. The quantitative estimate of drug-likeness (QED) is 0.893. The van der Waals surface area contributed by atoms with Crippen LogP contribution < -0.4 is 10.1 Å². The monoisotopic (exact) mass is 258 g/mol. The normalized spacial score (nSPS) is 22.6. The van der Waals surface area contributed by atoms with Gasteiger partial charge in [-0.25, -0.2) is 0 Å². The second-order valence-corrected chi connectivity index (χ2v) is 5.43. The number of hydrogen-bond acceptors (Lipinski definition) is 3. The molecular formula is C16H22N2O. The molecule has 3 nitrogen and oxygen atoms in total. The van der Waals surface area contributed by atoms with Gasteiger partial charge in [-0.15, -0.1) is 0 Å². The summed E-state index contributed by atoms with van der Waals surface area (Å²) in [6.07, 6.45) is 5.32. The molecule has 19 heavy (non-hydrogen) atoms. The van der Waals surface area contributed by atoms with E-state index in [-0.39, 0.29) is 0 Å². The first-order chi connectivity index (χ1) is 9.24. The predicted octanol–water partition coefficient (Wildman–Crippen LogP) is 3.81. The Bertz CT molecular complexity index is 464. The number of benzene rings is 1. The number of nitrogens with one attached hydrogen (secondary N) is 1. The fourth-order valence-corrected chi connectivity index (χ4v) is 2.83. The standard InChI is InChI=1S/C16H22N2O/c1-12-5-3-4-6-14(12)11-18-16-9-15(19-2)8-7-13(16)10-17/h7-9,12,14,18H,3-6,11H2,1-2H3. The summed E-state index contributed by atoms with van der Waals surface area (Å²) in [4.78, 5) is 0. The highest BCUT2D eigenvalue weighted by atomic mass is 16.5. The van der Waals surface area contributed by atoms with E-state index < -0.39 is 0 Å². The average Bonchev–Trinajstić information content (AvgIpc) is 2.46. The van der Waals surface area contributed by atoms with Crippen molar-refractivity contribution in [2.24, 2.45) is 11.8 Å². The Labute approximate surface area is 115 Å². The molecule has 2 unspecified atom stereocenters. The van der Waals surface area contributed by atoms with Crippen LogP contribution in [-0.2, 0) is 0 Å². The highest BCUT2D eigenvalue weighted by molar-refractivity contribution is 5.60. The van der Waals surface area contributed by atoms with Crippen molar-refractivity contribution in [2.45, 2.75) is 32.6 Å². The van der Waals surface area contributed by atoms with Gasteiger partial charge in [0.1, 0.15) is 11.8 Å². The minimum absolute atomic E-state index is 0.685. The van der Waals surface area contributed by atoms with Crippen molar-refractivity contribution in [3.8, 4) is 11.8 Å². The molecule has 2 atom stereocenters. The van der Waals surface area contributed by atoms with Crippen LogP contribution in [0.2, 0.25) is 0 Å². The molecule has 2 rings (SSSR count). The van der Waals surface area contributed by atoms with Crippen LogP contribution in [-0.4, -0.2) is 13.7 Å².